The third-order valence-electron chi connectivity index (χ3n) is 4.15. The minimum atomic E-state index is 0.497. The Bertz CT molecular complexity index is 598. The van der Waals surface area contributed by atoms with Gasteiger partial charge in [-0.3, -0.25) is 0 Å². The molecule has 1 aromatic carbocycles. The van der Waals surface area contributed by atoms with E-state index in [-0.39, 0.29) is 0 Å². The fraction of sp³-hybridized carbons (Fsp3) is 0.471. The molecule has 0 bridgehead atoms. The largest absolute Gasteiger partial charge is 0.356 e. The molecule has 2 N–H and O–H groups in total. The van der Waals surface area contributed by atoms with Crippen LogP contribution in [0.25, 0.3) is 10.8 Å². The van der Waals surface area contributed by atoms with Crippen molar-refractivity contribution in [1.29, 1.82) is 0 Å². The van der Waals surface area contributed by atoms with E-state index in [1.807, 2.05) is 0 Å². The van der Waals surface area contributed by atoms with Crippen LogP contribution in [0.1, 0.15) is 26.0 Å². The molecule has 0 amide bonds. The minimum Gasteiger partial charge on any atom is -0.356 e. The molecule has 3 heteroatoms. The molecule has 3 rings (SSSR count). The number of aromatic nitrogens is 1. The number of fused-ring (bicyclic) bond motifs is 1. The lowest BCUT2D eigenvalue weighted by Crippen LogP contribution is -2.39. The van der Waals surface area contributed by atoms with Crippen LogP contribution in [0.4, 0.5) is 5.82 Å². The van der Waals surface area contributed by atoms with Crippen LogP contribution in [0.2, 0.25) is 0 Å². The molecule has 2 aromatic rings. The first-order valence-electron chi connectivity index (χ1n) is 7.51. The zero-order chi connectivity index (χ0) is 14.1. The van der Waals surface area contributed by atoms with Gasteiger partial charge in [0.1, 0.15) is 5.82 Å². The summed E-state index contributed by atoms with van der Waals surface area (Å²) in [6, 6.07) is 10.6. The molecule has 106 valence electrons. The number of pyridine rings is 1. The minimum absolute atomic E-state index is 0.497. The van der Waals surface area contributed by atoms with E-state index in [0.717, 1.165) is 36.4 Å². The SMILES string of the molecule is CC1CC(C)CN(c2nc(CN)cc3ccccc23)C1. The highest BCUT2D eigenvalue weighted by atomic mass is 15.2. The van der Waals surface area contributed by atoms with Crippen LogP contribution in [0.5, 0.6) is 0 Å². The molecule has 1 aliphatic rings. The number of nitrogens with zero attached hydrogens (tertiary/aromatic N) is 2. The Kier molecular flexibility index (Phi) is 3.62. The number of hydrogen-bond donors (Lipinski definition) is 1. The topological polar surface area (TPSA) is 42.2 Å². The average molecular weight is 269 g/mol. The number of piperidine rings is 1. The molecule has 1 fully saturated rings. The van der Waals surface area contributed by atoms with Gasteiger partial charge in [0.15, 0.2) is 0 Å². The number of hydrogen-bond acceptors (Lipinski definition) is 3. The second-order valence-corrected chi connectivity index (χ2v) is 6.21. The maximum atomic E-state index is 5.81. The maximum Gasteiger partial charge on any atom is 0.136 e. The first kappa shape index (κ1) is 13.4. The van der Waals surface area contributed by atoms with Gasteiger partial charge in [-0.1, -0.05) is 38.1 Å². The van der Waals surface area contributed by atoms with Gasteiger partial charge in [0.25, 0.3) is 0 Å². The predicted octanol–water partition coefficient (Wildman–Crippen LogP) is 3.18. The van der Waals surface area contributed by atoms with Crippen molar-refractivity contribution in [3.63, 3.8) is 0 Å². The lowest BCUT2D eigenvalue weighted by molar-refractivity contribution is 0.356. The van der Waals surface area contributed by atoms with Gasteiger partial charge in [-0.15, -0.1) is 0 Å². The molecule has 0 saturated carbocycles. The Labute approximate surface area is 120 Å². The van der Waals surface area contributed by atoms with Crippen LogP contribution in [0, 0.1) is 11.8 Å². The second kappa shape index (κ2) is 5.41. The van der Waals surface area contributed by atoms with Crippen molar-refractivity contribution in [2.45, 2.75) is 26.8 Å². The van der Waals surface area contributed by atoms with Crippen molar-refractivity contribution >= 4 is 16.6 Å². The second-order valence-electron chi connectivity index (χ2n) is 6.21. The van der Waals surface area contributed by atoms with Crippen molar-refractivity contribution in [3.8, 4) is 0 Å². The Morgan fingerprint density at radius 2 is 1.90 bits per heavy atom. The van der Waals surface area contributed by atoms with Crippen LogP contribution < -0.4 is 10.6 Å². The average Bonchev–Trinajstić information content (AvgIpc) is 2.45. The quantitative estimate of drug-likeness (QED) is 0.910. The smallest absolute Gasteiger partial charge is 0.136 e. The van der Waals surface area contributed by atoms with Crippen LogP contribution in [-0.4, -0.2) is 18.1 Å². The van der Waals surface area contributed by atoms with Crippen LogP contribution in [0.3, 0.4) is 0 Å². The zero-order valence-corrected chi connectivity index (χ0v) is 12.3. The van der Waals surface area contributed by atoms with E-state index in [0.29, 0.717) is 6.54 Å². The molecule has 0 spiro atoms. The Morgan fingerprint density at radius 3 is 2.60 bits per heavy atom. The molecule has 2 heterocycles. The van der Waals surface area contributed by atoms with Crippen molar-refractivity contribution < 1.29 is 0 Å². The monoisotopic (exact) mass is 269 g/mol. The molecule has 1 aromatic heterocycles. The van der Waals surface area contributed by atoms with E-state index >= 15 is 0 Å². The van der Waals surface area contributed by atoms with Gasteiger partial charge >= 0.3 is 0 Å². The van der Waals surface area contributed by atoms with Crippen LogP contribution in [-0.2, 0) is 6.54 Å². The fourth-order valence-electron chi connectivity index (χ4n) is 3.42. The van der Waals surface area contributed by atoms with Crippen molar-refractivity contribution in [1.82, 2.24) is 4.98 Å². The predicted molar refractivity (Wildman–Crippen MR) is 84.8 cm³/mol. The number of anilines is 1. The van der Waals surface area contributed by atoms with Crippen LogP contribution in [0.15, 0.2) is 30.3 Å². The third-order valence-corrected chi connectivity index (χ3v) is 4.15. The third kappa shape index (κ3) is 2.50. The van der Waals surface area contributed by atoms with Gasteiger partial charge in [-0.05, 0) is 29.7 Å². The van der Waals surface area contributed by atoms with E-state index in [2.05, 4.69) is 49.1 Å². The van der Waals surface area contributed by atoms with Crippen LogP contribution >= 0.6 is 0 Å². The fourth-order valence-corrected chi connectivity index (χ4v) is 3.42. The molecule has 0 radical (unpaired) electrons. The summed E-state index contributed by atoms with van der Waals surface area (Å²) in [6.07, 6.45) is 1.31. The lowest BCUT2D eigenvalue weighted by atomic mass is 9.91. The zero-order valence-electron chi connectivity index (χ0n) is 12.3. The lowest BCUT2D eigenvalue weighted by Gasteiger charge is -2.36. The van der Waals surface area contributed by atoms with Crippen molar-refractivity contribution in [2.75, 3.05) is 18.0 Å². The van der Waals surface area contributed by atoms with E-state index in [1.165, 1.54) is 17.2 Å². The maximum absolute atomic E-state index is 5.81. The number of benzene rings is 1. The van der Waals surface area contributed by atoms with E-state index < -0.39 is 0 Å². The van der Waals surface area contributed by atoms with Crippen molar-refractivity contribution in [2.24, 2.45) is 17.6 Å². The summed E-state index contributed by atoms with van der Waals surface area (Å²) in [5.41, 5.74) is 6.79. The summed E-state index contributed by atoms with van der Waals surface area (Å²) in [5, 5.41) is 2.48. The summed E-state index contributed by atoms with van der Waals surface area (Å²) in [7, 11) is 0. The van der Waals surface area contributed by atoms with Gasteiger partial charge in [-0.2, -0.15) is 0 Å². The summed E-state index contributed by atoms with van der Waals surface area (Å²) in [6.45, 7) is 7.34. The highest BCUT2D eigenvalue weighted by molar-refractivity contribution is 5.92. The van der Waals surface area contributed by atoms with Gasteiger partial charge in [0.2, 0.25) is 0 Å². The van der Waals surface area contributed by atoms with Crippen molar-refractivity contribution in [3.05, 3.63) is 36.0 Å². The highest BCUT2D eigenvalue weighted by Crippen LogP contribution is 2.30. The molecule has 2 atom stereocenters. The van der Waals surface area contributed by atoms with Gasteiger partial charge in [0, 0.05) is 25.0 Å². The number of rotatable bonds is 2. The molecule has 20 heavy (non-hydrogen) atoms. The Hall–Kier alpha value is -1.61. The molecule has 1 saturated heterocycles. The van der Waals surface area contributed by atoms with Gasteiger partial charge < -0.3 is 10.6 Å². The van der Waals surface area contributed by atoms with E-state index in [4.69, 9.17) is 10.7 Å². The highest BCUT2D eigenvalue weighted by Gasteiger charge is 2.24. The first-order chi connectivity index (χ1) is 9.67. The van der Waals surface area contributed by atoms with E-state index in [1.54, 1.807) is 0 Å². The van der Waals surface area contributed by atoms with Gasteiger partial charge in [0.05, 0.1) is 5.69 Å². The Balaban J connectivity index is 2.09. The summed E-state index contributed by atoms with van der Waals surface area (Å²) in [4.78, 5) is 7.26. The number of nitrogens with two attached hydrogens (primary N) is 1. The molecular formula is C17H23N3. The summed E-state index contributed by atoms with van der Waals surface area (Å²) >= 11 is 0. The Morgan fingerprint density at radius 1 is 1.20 bits per heavy atom. The van der Waals surface area contributed by atoms with Gasteiger partial charge in [-0.25, -0.2) is 4.98 Å². The van der Waals surface area contributed by atoms with E-state index in [9.17, 15) is 0 Å². The summed E-state index contributed by atoms with van der Waals surface area (Å²) < 4.78 is 0. The molecule has 0 aliphatic carbocycles. The molecule has 2 unspecified atom stereocenters. The molecular weight excluding hydrogens is 246 g/mol. The normalized spacial score (nSPS) is 23.2. The first-order valence-corrected chi connectivity index (χ1v) is 7.51. The molecule has 3 nitrogen and oxygen atoms in total. The standard InChI is InChI=1S/C17H23N3/c1-12-7-13(2)11-20(10-12)17-16-6-4-3-5-14(16)8-15(9-18)19-17/h3-6,8,12-13H,7,9-11,18H2,1-2H3. The molecule has 1 aliphatic heterocycles. The summed E-state index contributed by atoms with van der Waals surface area (Å²) in [5.74, 6) is 2.56.